The van der Waals surface area contributed by atoms with Gasteiger partial charge in [0.2, 0.25) is 0 Å². The highest BCUT2D eigenvalue weighted by Crippen LogP contribution is 2.51. The van der Waals surface area contributed by atoms with Crippen molar-refractivity contribution in [3.8, 4) is 22.5 Å². The summed E-state index contributed by atoms with van der Waals surface area (Å²) in [6, 6.07) is 28.5. The highest BCUT2D eigenvalue weighted by atomic mass is 15.2. The van der Waals surface area contributed by atoms with Crippen molar-refractivity contribution in [3.63, 3.8) is 0 Å². The SMILES string of the molecule is C=CC1=C(/C=C\C)C(c2ccc(CC)c(-c3ncccc3C=C)n2)=C2C=CC=CC2C1c1ccc(-c2ccc3c(c2)c2cccnc2n3C2CC=CC=N2)cc1. The summed E-state index contributed by atoms with van der Waals surface area (Å²) in [5.41, 5.74) is 15.2. The Hall–Kier alpha value is -6.72. The fourth-order valence-electron chi connectivity index (χ4n) is 8.80. The lowest BCUT2D eigenvalue weighted by Gasteiger charge is -2.37. The van der Waals surface area contributed by atoms with Gasteiger partial charge in [-0.15, -0.1) is 0 Å². The van der Waals surface area contributed by atoms with Crippen molar-refractivity contribution < 1.29 is 0 Å². The quantitative estimate of drug-likeness (QED) is 0.149. The molecule has 272 valence electrons. The van der Waals surface area contributed by atoms with Crippen LogP contribution in [0.2, 0.25) is 0 Å². The van der Waals surface area contributed by atoms with Crippen LogP contribution in [0.15, 0.2) is 181 Å². The lowest BCUT2D eigenvalue weighted by Crippen LogP contribution is -2.23. The van der Waals surface area contributed by atoms with E-state index in [9.17, 15) is 0 Å². The van der Waals surface area contributed by atoms with E-state index in [1.807, 2.05) is 49.0 Å². The summed E-state index contributed by atoms with van der Waals surface area (Å²) < 4.78 is 2.28. The van der Waals surface area contributed by atoms with Crippen LogP contribution in [0.1, 0.15) is 54.7 Å². The van der Waals surface area contributed by atoms with E-state index in [4.69, 9.17) is 19.9 Å². The van der Waals surface area contributed by atoms with Gasteiger partial charge >= 0.3 is 0 Å². The summed E-state index contributed by atoms with van der Waals surface area (Å²) >= 11 is 0. The molecule has 2 aliphatic carbocycles. The van der Waals surface area contributed by atoms with E-state index in [1.165, 1.54) is 33.2 Å². The zero-order valence-electron chi connectivity index (χ0n) is 31.8. The summed E-state index contributed by atoms with van der Waals surface area (Å²) in [6.45, 7) is 12.7. The lowest BCUT2D eigenvalue weighted by atomic mass is 9.66. The normalized spacial score (nSPS) is 19.1. The second-order valence-electron chi connectivity index (χ2n) is 14.4. The maximum Gasteiger partial charge on any atom is 0.142 e. The molecule has 0 saturated carbocycles. The molecule has 5 heteroatoms. The first kappa shape index (κ1) is 35.0. The predicted octanol–water partition coefficient (Wildman–Crippen LogP) is 12.4. The zero-order chi connectivity index (χ0) is 38.2. The molecule has 0 fully saturated rings. The van der Waals surface area contributed by atoms with Crippen molar-refractivity contribution in [1.82, 2.24) is 19.5 Å². The molecule has 0 amide bonds. The highest BCUT2D eigenvalue weighted by molar-refractivity contribution is 6.08. The molecule has 4 aromatic heterocycles. The molecule has 3 aliphatic rings. The van der Waals surface area contributed by atoms with Gasteiger partial charge in [-0.25, -0.2) is 9.97 Å². The molecule has 6 aromatic rings. The second-order valence-corrected chi connectivity index (χ2v) is 14.4. The van der Waals surface area contributed by atoms with E-state index in [0.717, 1.165) is 68.7 Å². The number of allylic oxidation sites excluding steroid dienone is 12. The van der Waals surface area contributed by atoms with Crippen LogP contribution >= 0.6 is 0 Å². The largest absolute Gasteiger partial charge is 0.302 e. The van der Waals surface area contributed by atoms with Crippen molar-refractivity contribution >= 4 is 39.8 Å². The monoisotopic (exact) mass is 725 g/mol. The molecular formula is C51H43N5. The van der Waals surface area contributed by atoms with Crippen LogP contribution in [0.4, 0.5) is 0 Å². The fraction of sp³-hybridized carbons (Fsp3) is 0.137. The van der Waals surface area contributed by atoms with Gasteiger partial charge in [0.1, 0.15) is 11.8 Å². The van der Waals surface area contributed by atoms with Gasteiger partial charge in [-0.1, -0.05) is 117 Å². The van der Waals surface area contributed by atoms with Crippen molar-refractivity contribution in [1.29, 1.82) is 0 Å². The molecule has 0 spiro atoms. The molecule has 3 unspecified atom stereocenters. The Labute approximate surface area is 328 Å². The Balaban J connectivity index is 1.13. The molecule has 0 N–H and O–H groups in total. The number of rotatable bonds is 9. The van der Waals surface area contributed by atoms with Gasteiger partial charge in [0.25, 0.3) is 0 Å². The van der Waals surface area contributed by atoms with Gasteiger partial charge in [-0.2, -0.15) is 0 Å². The Morgan fingerprint density at radius 3 is 2.46 bits per heavy atom. The standard InChI is InChI=1S/C51H43N5/c1-5-15-39-38(8-4)47(40-17-9-10-18-41(40)48(39)44-27-25-34(7-3)50(55-44)49-33(6-2)16-13-30-53-49)36-23-21-35(22-24-36)37-26-28-45-43(32-37)42-19-14-31-54-51(42)56(45)46-20-11-12-29-52-46/h5-6,8-19,21-32,40,46-47H,2,4,7,20H2,1,3H3/b15-5-. The van der Waals surface area contributed by atoms with Crippen LogP contribution in [0, 0.1) is 5.92 Å². The van der Waals surface area contributed by atoms with Crippen LogP contribution in [0.25, 0.3) is 56.1 Å². The third-order valence-electron chi connectivity index (χ3n) is 11.4. The van der Waals surface area contributed by atoms with Crippen molar-refractivity contribution in [2.75, 3.05) is 0 Å². The third-order valence-corrected chi connectivity index (χ3v) is 11.4. The summed E-state index contributed by atoms with van der Waals surface area (Å²) in [6.07, 6.45) is 28.7. The van der Waals surface area contributed by atoms with E-state index in [2.05, 4.69) is 141 Å². The first-order valence-electron chi connectivity index (χ1n) is 19.5. The lowest BCUT2D eigenvalue weighted by molar-refractivity contribution is 0.559. The van der Waals surface area contributed by atoms with E-state index >= 15 is 0 Å². The van der Waals surface area contributed by atoms with Crippen molar-refractivity contribution in [3.05, 3.63) is 198 Å². The number of fused-ring (bicyclic) bond motifs is 4. The van der Waals surface area contributed by atoms with E-state index in [1.54, 1.807) is 0 Å². The number of hydrogen-bond donors (Lipinski definition) is 0. The molecule has 5 heterocycles. The first-order chi connectivity index (χ1) is 27.6. The molecule has 56 heavy (non-hydrogen) atoms. The Morgan fingerprint density at radius 2 is 1.68 bits per heavy atom. The number of aromatic nitrogens is 4. The van der Waals surface area contributed by atoms with Crippen molar-refractivity contribution in [2.24, 2.45) is 10.9 Å². The van der Waals surface area contributed by atoms with Gasteiger partial charge < -0.3 is 4.57 Å². The van der Waals surface area contributed by atoms with Crippen molar-refractivity contribution in [2.45, 2.75) is 38.8 Å². The number of aryl methyl sites for hydroxylation is 1. The molecule has 2 aromatic carbocycles. The van der Waals surface area contributed by atoms with Gasteiger partial charge in [0.05, 0.1) is 22.6 Å². The minimum atomic E-state index is -0.00209. The van der Waals surface area contributed by atoms with E-state index in [-0.39, 0.29) is 18.0 Å². The Kier molecular flexibility index (Phi) is 9.28. The number of pyridine rings is 3. The van der Waals surface area contributed by atoms with Crippen LogP contribution in [-0.4, -0.2) is 25.7 Å². The molecule has 0 saturated heterocycles. The molecule has 9 rings (SSSR count). The maximum atomic E-state index is 5.41. The number of aliphatic imine (C=N–C) groups is 1. The van der Waals surface area contributed by atoms with Crippen LogP contribution < -0.4 is 0 Å². The number of nitrogens with zero attached hydrogens (tertiary/aromatic N) is 5. The van der Waals surface area contributed by atoms with Gasteiger partial charge in [0, 0.05) is 58.8 Å². The number of benzene rings is 2. The summed E-state index contributed by atoms with van der Waals surface area (Å²) in [5.74, 6) is 0.173. The second kappa shape index (κ2) is 14.8. The van der Waals surface area contributed by atoms with E-state index < -0.39 is 0 Å². The zero-order valence-corrected chi connectivity index (χ0v) is 31.8. The molecule has 0 radical (unpaired) electrons. The third kappa shape index (κ3) is 5.88. The highest BCUT2D eigenvalue weighted by Gasteiger charge is 2.36. The fourth-order valence-corrected chi connectivity index (χ4v) is 8.80. The Morgan fingerprint density at radius 1 is 0.839 bits per heavy atom. The van der Waals surface area contributed by atoms with E-state index in [0.29, 0.717) is 0 Å². The molecule has 5 nitrogen and oxygen atoms in total. The molecule has 3 atom stereocenters. The van der Waals surface area contributed by atoms with Gasteiger partial charge in [-0.05, 0) is 94.8 Å². The summed E-state index contributed by atoms with van der Waals surface area (Å²) in [4.78, 5) is 19.8. The minimum Gasteiger partial charge on any atom is -0.302 e. The average Bonchev–Trinajstić information content (AvgIpc) is 3.60. The predicted molar refractivity (Wildman–Crippen MR) is 234 cm³/mol. The van der Waals surface area contributed by atoms with Gasteiger partial charge in [0.15, 0.2) is 0 Å². The van der Waals surface area contributed by atoms with Crippen LogP contribution in [-0.2, 0) is 6.42 Å². The van der Waals surface area contributed by atoms with Gasteiger partial charge in [-0.3, -0.25) is 9.98 Å². The van der Waals surface area contributed by atoms with Crippen LogP contribution in [0.3, 0.4) is 0 Å². The summed E-state index contributed by atoms with van der Waals surface area (Å²) in [7, 11) is 0. The molecule has 1 aliphatic heterocycles. The minimum absolute atomic E-state index is 0.00209. The average molecular weight is 726 g/mol. The summed E-state index contributed by atoms with van der Waals surface area (Å²) in [5, 5.41) is 2.33. The number of hydrogen-bond acceptors (Lipinski definition) is 4. The Bertz CT molecular complexity index is 2760. The topological polar surface area (TPSA) is 56.0 Å². The molecule has 0 bridgehead atoms. The maximum absolute atomic E-state index is 5.41. The van der Waals surface area contributed by atoms with Crippen LogP contribution in [0.5, 0.6) is 0 Å². The first-order valence-corrected chi connectivity index (χ1v) is 19.5. The molecular weight excluding hydrogens is 683 g/mol. The smallest absolute Gasteiger partial charge is 0.142 e. The number of dihydropyridines is 1.